The van der Waals surface area contributed by atoms with E-state index in [0.717, 1.165) is 0 Å². The molecule has 8 nitrogen and oxygen atoms in total. The molecule has 0 radical (unpaired) electrons. The van der Waals surface area contributed by atoms with Gasteiger partial charge in [0, 0.05) is 27.2 Å². The first-order valence-electron chi connectivity index (χ1n) is 5.60. The fourth-order valence-electron chi connectivity index (χ4n) is 1.05. The molecule has 0 aromatic rings. The van der Waals surface area contributed by atoms with E-state index in [1.807, 2.05) is 0 Å². The quantitative estimate of drug-likeness (QED) is 0.479. The van der Waals surface area contributed by atoms with E-state index < -0.39 is 18.0 Å². The normalized spacial score (nSPS) is 11.3. The molecule has 0 spiro atoms. The molecule has 0 heterocycles. The Morgan fingerprint density at radius 1 is 1.17 bits per heavy atom. The first-order valence-corrected chi connectivity index (χ1v) is 5.60. The monoisotopic (exact) mass is 260 g/mol. The Labute approximate surface area is 106 Å². The van der Waals surface area contributed by atoms with Crippen LogP contribution in [-0.2, 0) is 4.79 Å². The molecule has 4 amide bonds. The third kappa shape index (κ3) is 6.56. The topological polar surface area (TPSA) is 111 Å². The van der Waals surface area contributed by atoms with Gasteiger partial charge in [-0.25, -0.2) is 14.4 Å². The van der Waals surface area contributed by atoms with Gasteiger partial charge in [-0.2, -0.15) is 0 Å². The Balaban J connectivity index is 3.78. The number of hydrogen-bond acceptors (Lipinski definition) is 3. The SMILES string of the molecule is CCC(NC(=O)NCCNC(=O)N(C)C)C(=O)O. The number of aliphatic carboxylic acids is 1. The van der Waals surface area contributed by atoms with Crippen molar-refractivity contribution in [3.05, 3.63) is 0 Å². The summed E-state index contributed by atoms with van der Waals surface area (Å²) in [5.74, 6) is -1.08. The van der Waals surface area contributed by atoms with Crippen molar-refractivity contribution in [1.82, 2.24) is 20.9 Å². The molecule has 1 atom stereocenters. The zero-order valence-corrected chi connectivity index (χ0v) is 10.8. The average molecular weight is 260 g/mol. The smallest absolute Gasteiger partial charge is 0.326 e. The highest BCUT2D eigenvalue weighted by Crippen LogP contribution is 1.89. The minimum absolute atomic E-state index is 0.224. The summed E-state index contributed by atoms with van der Waals surface area (Å²) in [6.07, 6.45) is 0.306. The molecular formula is C10H20N4O4. The number of amides is 4. The van der Waals surface area contributed by atoms with E-state index in [-0.39, 0.29) is 19.1 Å². The summed E-state index contributed by atoms with van der Waals surface area (Å²) in [6.45, 7) is 2.16. The van der Waals surface area contributed by atoms with E-state index in [0.29, 0.717) is 6.42 Å². The van der Waals surface area contributed by atoms with E-state index in [9.17, 15) is 14.4 Å². The van der Waals surface area contributed by atoms with Crippen LogP contribution in [0.5, 0.6) is 0 Å². The van der Waals surface area contributed by atoms with Gasteiger partial charge in [0.25, 0.3) is 0 Å². The van der Waals surface area contributed by atoms with Crippen molar-refractivity contribution in [1.29, 1.82) is 0 Å². The van der Waals surface area contributed by atoms with Crippen LogP contribution in [-0.4, -0.2) is 61.3 Å². The van der Waals surface area contributed by atoms with Gasteiger partial charge < -0.3 is 26.0 Å². The number of hydrogen-bond donors (Lipinski definition) is 4. The number of carbonyl (C=O) groups excluding carboxylic acids is 2. The van der Waals surface area contributed by atoms with Crippen LogP contribution in [0.3, 0.4) is 0 Å². The highest BCUT2D eigenvalue weighted by atomic mass is 16.4. The second kappa shape index (κ2) is 8.15. The van der Waals surface area contributed by atoms with Gasteiger partial charge in [-0.3, -0.25) is 0 Å². The van der Waals surface area contributed by atoms with Gasteiger partial charge in [0.05, 0.1) is 0 Å². The lowest BCUT2D eigenvalue weighted by Gasteiger charge is -2.14. The van der Waals surface area contributed by atoms with Crippen LogP contribution in [0.4, 0.5) is 9.59 Å². The number of urea groups is 2. The van der Waals surface area contributed by atoms with E-state index in [4.69, 9.17) is 5.11 Å². The summed E-state index contributed by atoms with van der Waals surface area (Å²) < 4.78 is 0. The van der Waals surface area contributed by atoms with E-state index in [1.165, 1.54) is 4.90 Å². The molecule has 1 unspecified atom stereocenters. The summed E-state index contributed by atoms with van der Waals surface area (Å²) in [5, 5.41) is 16.0. The summed E-state index contributed by atoms with van der Waals surface area (Å²) in [4.78, 5) is 34.4. The fraction of sp³-hybridized carbons (Fsp3) is 0.700. The zero-order chi connectivity index (χ0) is 14.1. The number of rotatable bonds is 6. The van der Waals surface area contributed by atoms with Gasteiger partial charge in [0.15, 0.2) is 0 Å². The predicted octanol–water partition coefficient (Wildman–Crippen LogP) is -0.580. The number of nitrogens with one attached hydrogen (secondary N) is 3. The minimum Gasteiger partial charge on any atom is -0.480 e. The van der Waals surface area contributed by atoms with Crippen LogP contribution in [0.2, 0.25) is 0 Å². The number of nitrogens with zero attached hydrogens (tertiary/aromatic N) is 1. The number of carboxylic acids is 1. The van der Waals surface area contributed by atoms with Crippen molar-refractivity contribution in [2.24, 2.45) is 0 Å². The van der Waals surface area contributed by atoms with Gasteiger partial charge >= 0.3 is 18.0 Å². The molecule has 0 aliphatic heterocycles. The summed E-state index contributed by atoms with van der Waals surface area (Å²) >= 11 is 0. The average Bonchev–Trinajstić information content (AvgIpc) is 2.30. The Morgan fingerprint density at radius 2 is 1.72 bits per heavy atom. The maximum atomic E-state index is 11.3. The molecule has 104 valence electrons. The second-order valence-corrected chi connectivity index (χ2v) is 3.83. The Morgan fingerprint density at radius 3 is 2.17 bits per heavy atom. The van der Waals surface area contributed by atoms with Gasteiger partial charge in [0.2, 0.25) is 0 Å². The Hall–Kier alpha value is -1.99. The highest BCUT2D eigenvalue weighted by molar-refractivity contribution is 5.82. The van der Waals surface area contributed by atoms with Crippen LogP contribution in [0.15, 0.2) is 0 Å². The van der Waals surface area contributed by atoms with E-state index in [2.05, 4.69) is 16.0 Å². The largest absolute Gasteiger partial charge is 0.480 e. The molecule has 0 rings (SSSR count). The summed E-state index contributed by atoms with van der Waals surface area (Å²) in [7, 11) is 3.21. The molecule has 0 bridgehead atoms. The van der Waals surface area contributed by atoms with Crippen molar-refractivity contribution in [2.45, 2.75) is 19.4 Å². The van der Waals surface area contributed by atoms with Crippen molar-refractivity contribution >= 4 is 18.0 Å². The molecular weight excluding hydrogens is 240 g/mol. The maximum Gasteiger partial charge on any atom is 0.326 e. The lowest BCUT2D eigenvalue weighted by molar-refractivity contribution is -0.139. The highest BCUT2D eigenvalue weighted by Gasteiger charge is 2.16. The molecule has 0 aromatic carbocycles. The third-order valence-corrected chi connectivity index (χ3v) is 2.10. The maximum absolute atomic E-state index is 11.3. The molecule has 0 fully saturated rings. The van der Waals surface area contributed by atoms with E-state index in [1.54, 1.807) is 21.0 Å². The minimum atomic E-state index is -1.08. The number of carboxylic acid groups (broad SMARTS) is 1. The van der Waals surface area contributed by atoms with Crippen molar-refractivity contribution in [2.75, 3.05) is 27.2 Å². The van der Waals surface area contributed by atoms with E-state index >= 15 is 0 Å². The Kier molecular flexibility index (Phi) is 7.25. The third-order valence-electron chi connectivity index (χ3n) is 2.10. The lowest BCUT2D eigenvalue weighted by atomic mass is 10.2. The molecule has 4 N–H and O–H groups in total. The van der Waals surface area contributed by atoms with Crippen LogP contribution >= 0.6 is 0 Å². The van der Waals surface area contributed by atoms with Crippen molar-refractivity contribution in [3.63, 3.8) is 0 Å². The van der Waals surface area contributed by atoms with Crippen LogP contribution in [0.1, 0.15) is 13.3 Å². The summed E-state index contributed by atoms with van der Waals surface area (Å²) in [5.41, 5.74) is 0. The van der Waals surface area contributed by atoms with Crippen molar-refractivity contribution < 1.29 is 19.5 Å². The first kappa shape index (κ1) is 16.0. The zero-order valence-electron chi connectivity index (χ0n) is 10.8. The molecule has 18 heavy (non-hydrogen) atoms. The van der Waals surface area contributed by atoms with Gasteiger partial charge in [-0.05, 0) is 6.42 Å². The standard InChI is InChI=1S/C10H20N4O4/c1-4-7(8(15)16)13-9(17)11-5-6-12-10(18)14(2)3/h7H,4-6H2,1-3H3,(H,12,18)(H,15,16)(H2,11,13,17). The van der Waals surface area contributed by atoms with Gasteiger partial charge in [-0.15, -0.1) is 0 Å². The molecule has 8 heteroatoms. The van der Waals surface area contributed by atoms with Gasteiger partial charge in [-0.1, -0.05) is 6.92 Å². The first-order chi connectivity index (χ1) is 8.38. The molecule has 0 saturated carbocycles. The number of carbonyl (C=O) groups is 3. The molecule has 0 aliphatic rings. The second-order valence-electron chi connectivity index (χ2n) is 3.83. The predicted molar refractivity (Wildman–Crippen MR) is 65.3 cm³/mol. The van der Waals surface area contributed by atoms with Crippen LogP contribution < -0.4 is 16.0 Å². The fourth-order valence-corrected chi connectivity index (χ4v) is 1.05. The lowest BCUT2D eigenvalue weighted by Crippen LogP contribution is -2.47. The van der Waals surface area contributed by atoms with Gasteiger partial charge in [0.1, 0.15) is 6.04 Å². The van der Waals surface area contributed by atoms with Crippen molar-refractivity contribution in [3.8, 4) is 0 Å². The Bertz CT molecular complexity index is 306. The molecule has 0 saturated heterocycles. The van der Waals surface area contributed by atoms with Crippen LogP contribution in [0, 0.1) is 0 Å². The molecule has 0 aliphatic carbocycles. The summed E-state index contributed by atoms with van der Waals surface area (Å²) in [6, 6.07) is -1.72. The molecule has 0 aromatic heterocycles. The van der Waals surface area contributed by atoms with Crippen LogP contribution in [0.25, 0.3) is 0 Å².